The third-order valence-corrected chi connectivity index (χ3v) is 7.41. The second-order valence-corrected chi connectivity index (χ2v) is 9.86. The number of amides is 1. The van der Waals surface area contributed by atoms with Crippen molar-refractivity contribution in [1.29, 1.82) is 0 Å². The maximum Gasteiger partial charge on any atom is 0.241 e. The van der Waals surface area contributed by atoms with Gasteiger partial charge in [0.25, 0.3) is 0 Å². The van der Waals surface area contributed by atoms with Crippen LogP contribution in [0.25, 0.3) is 0 Å². The smallest absolute Gasteiger partial charge is 0.241 e. The molecule has 1 amide bonds. The first-order chi connectivity index (χ1) is 16.5. The number of piperidine rings is 1. The molecule has 1 saturated heterocycles. The van der Waals surface area contributed by atoms with Crippen molar-refractivity contribution < 1.29 is 13.9 Å². The summed E-state index contributed by atoms with van der Waals surface area (Å²) in [5, 5.41) is 3.41. The van der Waals surface area contributed by atoms with E-state index in [2.05, 4.69) is 27.2 Å². The lowest BCUT2D eigenvalue weighted by molar-refractivity contribution is -0.140. The largest absolute Gasteiger partial charge is 0.497 e. The SMILES string of the molecule is COc1ccc(CN[C@H](CN(C)Cc2ccccc2)C(=O)N2CCC[C@H]3CCCC[C@@H]32)c(F)c1. The average molecular weight is 468 g/mol. The molecule has 2 aromatic rings. The molecule has 0 bridgehead atoms. The molecular weight excluding hydrogens is 429 g/mol. The molecule has 184 valence electrons. The zero-order valence-electron chi connectivity index (χ0n) is 20.5. The van der Waals surface area contributed by atoms with Crippen LogP contribution in [0.2, 0.25) is 0 Å². The maximum atomic E-state index is 14.6. The summed E-state index contributed by atoms with van der Waals surface area (Å²) in [4.78, 5) is 18.2. The number of carbonyl (C=O) groups is 1. The van der Waals surface area contributed by atoms with Crippen LogP contribution in [0.4, 0.5) is 4.39 Å². The van der Waals surface area contributed by atoms with Gasteiger partial charge in [-0.2, -0.15) is 0 Å². The highest BCUT2D eigenvalue weighted by Crippen LogP contribution is 2.35. The molecule has 2 fully saturated rings. The van der Waals surface area contributed by atoms with Crippen molar-refractivity contribution in [2.45, 2.75) is 63.7 Å². The lowest BCUT2D eigenvalue weighted by atomic mass is 9.78. The second-order valence-electron chi connectivity index (χ2n) is 9.86. The summed E-state index contributed by atoms with van der Waals surface area (Å²) in [5.74, 6) is 0.966. The first-order valence-corrected chi connectivity index (χ1v) is 12.6. The topological polar surface area (TPSA) is 44.8 Å². The van der Waals surface area contributed by atoms with Crippen molar-refractivity contribution in [3.63, 3.8) is 0 Å². The third-order valence-electron chi connectivity index (χ3n) is 7.41. The third kappa shape index (κ3) is 6.16. The summed E-state index contributed by atoms with van der Waals surface area (Å²) in [7, 11) is 3.57. The molecule has 0 spiro atoms. The number of likely N-dealkylation sites (tertiary alicyclic amines) is 1. The first-order valence-electron chi connectivity index (χ1n) is 12.6. The number of hydrogen-bond acceptors (Lipinski definition) is 4. The monoisotopic (exact) mass is 467 g/mol. The van der Waals surface area contributed by atoms with Gasteiger partial charge in [-0.05, 0) is 50.3 Å². The quantitative estimate of drug-likeness (QED) is 0.585. The molecule has 1 N–H and O–H groups in total. The van der Waals surface area contributed by atoms with E-state index < -0.39 is 6.04 Å². The predicted octanol–water partition coefficient (Wildman–Crippen LogP) is 4.61. The van der Waals surface area contributed by atoms with Crippen LogP contribution in [0.1, 0.15) is 49.7 Å². The van der Waals surface area contributed by atoms with Gasteiger partial charge in [-0.15, -0.1) is 0 Å². The summed E-state index contributed by atoms with van der Waals surface area (Å²) in [6.45, 7) is 2.46. The zero-order valence-corrected chi connectivity index (χ0v) is 20.5. The molecule has 1 saturated carbocycles. The number of nitrogens with one attached hydrogen (secondary N) is 1. The van der Waals surface area contributed by atoms with Gasteiger partial charge in [-0.3, -0.25) is 4.79 Å². The van der Waals surface area contributed by atoms with Crippen LogP contribution in [0, 0.1) is 11.7 Å². The number of fused-ring (bicyclic) bond motifs is 1. The summed E-state index contributed by atoms with van der Waals surface area (Å²) in [6.07, 6.45) is 7.13. The Balaban J connectivity index is 1.48. The van der Waals surface area contributed by atoms with Crippen molar-refractivity contribution in [2.24, 2.45) is 5.92 Å². The molecule has 0 unspecified atom stereocenters. The highest BCUT2D eigenvalue weighted by molar-refractivity contribution is 5.82. The first kappa shape index (κ1) is 24.7. The molecule has 4 rings (SSSR count). The Morgan fingerprint density at radius 3 is 2.68 bits per heavy atom. The molecule has 1 aliphatic carbocycles. The summed E-state index contributed by atoms with van der Waals surface area (Å²) >= 11 is 0. The molecule has 2 aromatic carbocycles. The van der Waals surface area contributed by atoms with Crippen LogP contribution in [0.15, 0.2) is 48.5 Å². The van der Waals surface area contributed by atoms with E-state index in [4.69, 9.17) is 4.74 Å². The number of halogens is 1. The van der Waals surface area contributed by atoms with Gasteiger partial charge < -0.3 is 19.9 Å². The van der Waals surface area contributed by atoms with Crippen molar-refractivity contribution in [3.05, 3.63) is 65.5 Å². The van der Waals surface area contributed by atoms with Gasteiger partial charge in [0.2, 0.25) is 5.91 Å². The molecule has 5 nitrogen and oxygen atoms in total. The molecule has 2 aliphatic rings. The van der Waals surface area contributed by atoms with E-state index >= 15 is 0 Å². The molecular formula is C28H38FN3O2. The number of hydrogen-bond donors (Lipinski definition) is 1. The summed E-state index contributed by atoms with van der Waals surface area (Å²) in [5.41, 5.74) is 1.75. The molecule has 34 heavy (non-hydrogen) atoms. The van der Waals surface area contributed by atoms with Gasteiger partial charge in [0.1, 0.15) is 11.6 Å². The van der Waals surface area contributed by atoms with Crippen LogP contribution in [-0.2, 0) is 17.9 Å². The minimum atomic E-state index is -0.393. The van der Waals surface area contributed by atoms with E-state index in [9.17, 15) is 9.18 Å². The fourth-order valence-electron chi connectivity index (χ4n) is 5.63. The van der Waals surface area contributed by atoms with Crippen molar-refractivity contribution >= 4 is 5.91 Å². The maximum absolute atomic E-state index is 14.6. The standard InChI is InChI=1S/C28H38FN3O2/c1-31(19-21-9-4-3-5-10-21)20-26(30-18-23-14-15-24(34-2)17-25(23)29)28(33)32-16-8-12-22-11-6-7-13-27(22)32/h3-5,9-10,14-15,17,22,26-27,30H,6-8,11-13,16,18-20H2,1-2H3/t22-,26-,27+/m1/s1. The fourth-order valence-corrected chi connectivity index (χ4v) is 5.63. The Bertz CT molecular complexity index is 937. The van der Waals surface area contributed by atoms with Gasteiger partial charge in [-0.1, -0.05) is 49.2 Å². The number of rotatable bonds is 9. The molecule has 0 radical (unpaired) electrons. The molecule has 0 aromatic heterocycles. The van der Waals surface area contributed by atoms with Gasteiger partial charge >= 0.3 is 0 Å². The number of benzene rings is 2. The molecule has 1 heterocycles. The Morgan fingerprint density at radius 2 is 1.91 bits per heavy atom. The lowest BCUT2D eigenvalue weighted by Crippen LogP contribution is -2.57. The van der Waals surface area contributed by atoms with E-state index in [1.165, 1.54) is 44.4 Å². The van der Waals surface area contributed by atoms with Gasteiger partial charge in [-0.25, -0.2) is 4.39 Å². The molecule has 3 atom stereocenters. The van der Waals surface area contributed by atoms with Crippen LogP contribution in [0.5, 0.6) is 5.75 Å². The molecule has 1 aliphatic heterocycles. The van der Waals surface area contributed by atoms with Crippen molar-refractivity contribution in [3.8, 4) is 5.75 Å². The zero-order chi connectivity index (χ0) is 23.9. The number of carbonyl (C=O) groups excluding carboxylic acids is 1. The highest BCUT2D eigenvalue weighted by atomic mass is 19.1. The van der Waals surface area contributed by atoms with Crippen molar-refractivity contribution in [1.82, 2.24) is 15.1 Å². The van der Waals surface area contributed by atoms with Crippen molar-refractivity contribution in [2.75, 3.05) is 27.2 Å². The Hall–Kier alpha value is -2.44. The van der Waals surface area contributed by atoms with E-state index in [1.54, 1.807) is 12.1 Å². The van der Waals surface area contributed by atoms with Crippen LogP contribution in [0.3, 0.4) is 0 Å². The number of likely N-dealkylation sites (N-methyl/N-ethyl adjacent to an activating group) is 1. The normalized spacial score (nSPS) is 21.2. The van der Waals surface area contributed by atoms with Gasteiger partial charge in [0.05, 0.1) is 13.2 Å². The van der Waals surface area contributed by atoms with E-state index in [0.717, 1.165) is 25.9 Å². The lowest BCUT2D eigenvalue weighted by Gasteiger charge is -2.45. The minimum Gasteiger partial charge on any atom is -0.497 e. The van der Waals surface area contributed by atoms with E-state index in [0.29, 0.717) is 36.4 Å². The van der Waals surface area contributed by atoms with Crippen LogP contribution in [-0.4, -0.2) is 55.0 Å². The second kappa shape index (κ2) is 11.8. The predicted molar refractivity (Wildman–Crippen MR) is 133 cm³/mol. The fraction of sp³-hybridized carbons (Fsp3) is 0.536. The van der Waals surface area contributed by atoms with E-state index in [1.807, 2.05) is 25.2 Å². The highest BCUT2D eigenvalue weighted by Gasteiger charge is 2.38. The van der Waals surface area contributed by atoms with Crippen LogP contribution >= 0.6 is 0 Å². The Labute approximate surface area is 203 Å². The number of methoxy groups -OCH3 is 1. The number of nitrogens with zero attached hydrogens (tertiary/aromatic N) is 2. The summed E-state index contributed by atoms with van der Waals surface area (Å²) in [6, 6.07) is 15.1. The van der Waals surface area contributed by atoms with Crippen LogP contribution < -0.4 is 10.1 Å². The van der Waals surface area contributed by atoms with E-state index in [-0.39, 0.29) is 11.7 Å². The van der Waals surface area contributed by atoms with Gasteiger partial charge in [0.15, 0.2) is 0 Å². The Kier molecular flexibility index (Phi) is 8.57. The van der Waals surface area contributed by atoms with Gasteiger partial charge in [0, 0.05) is 43.9 Å². The summed E-state index contributed by atoms with van der Waals surface area (Å²) < 4.78 is 19.7. The molecule has 6 heteroatoms. The minimum absolute atomic E-state index is 0.158. The number of ether oxygens (including phenoxy) is 1. The Morgan fingerprint density at radius 1 is 1.15 bits per heavy atom. The average Bonchev–Trinajstić information content (AvgIpc) is 2.87.